The van der Waals surface area contributed by atoms with E-state index in [2.05, 4.69) is 37.2 Å². The van der Waals surface area contributed by atoms with Gasteiger partial charge in [-0.3, -0.25) is 4.79 Å². The Kier molecular flexibility index (Phi) is 4.71. The average Bonchev–Trinajstić information content (AvgIpc) is 2.81. The van der Waals surface area contributed by atoms with Gasteiger partial charge in [-0.1, -0.05) is 51.8 Å². The minimum Gasteiger partial charge on any atom is -0.481 e. The van der Waals surface area contributed by atoms with E-state index >= 15 is 0 Å². The zero-order valence-corrected chi connectivity index (χ0v) is 14.3. The molecule has 1 aromatic heterocycles. The van der Waals surface area contributed by atoms with E-state index in [0.29, 0.717) is 0 Å². The molecule has 2 rings (SSSR count). The first-order chi connectivity index (χ1) is 9.74. The fourth-order valence-electron chi connectivity index (χ4n) is 3.15. The lowest BCUT2D eigenvalue weighted by molar-refractivity contribution is -0.133. The van der Waals surface area contributed by atoms with Crippen LogP contribution >= 0.6 is 11.8 Å². The Morgan fingerprint density at radius 3 is 2.52 bits per heavy atom. The fourth-order valence-corrected chi connectivity index (χ4v) is 3.98. The Morgan fingerprint density at radius 1 is 1.38 bits per heavy atom. The molecule has 0 spiro atoms. The molecule has 0 atom stereocenters. The highest BCUT2D eigenvalue weighted by Crippen LogP contribution is 2.41. The van der Waals surface area contributed by atoms with E-state index in [1.807, 2.05) is 6.20 Å². The van der Waals surface area contributed by atoms with Gasteiger partial charge < -0.3 is 9.67 Å². The number of hydrogen-bond acceptors (Lipinski definition) is 3. The van der Waals surface area contributed by atoms with Crippen molar-refractivity contribution in [3.63, 3.8) is 0 Å². The van der Waals surface area contributed by atoms with Gasteiger partial charge in [0.1, 0.15) is 0 Å². The second-order valence-electron chi connectivity index (χ2n) is 7.25. The highest BCUT2D eigenvalue weighted by atomic mass is 32.2. The van der Waals surface area contributed by atoms with Crippen LogP contribution < -0.4 is 0 Å². The number of carbonyl (C=O) groups is 1. The van der Waals surface area contributed by atoms with E-state index in [9.17, 15) is 4.79 Å². The van der Waals surface area contributed by atoms with Gasteiger partial charge >= 0.3 is 5.97 Å². The Labute approximate surface area is 131 Å². The second kappa shape index (κ2) is 6.03. The molecule has 4 nitrogen and oxygen atoms in total. The lowest BCUT2D eigenvalue weighted by atomic mass is 9.81. The van der Waals surface area contributed by atoms with Crippen molar-refractivity contribution in [2.45, 2.75) is 75.9 Å². The molecule has 1 fully saturated rings. The zero-order valence-electron chi connectivity index (χ0n) is 13.5. The van der Waals surface area contributed by atoms with Gasteiger partial charge in [0.05, 0.1) is 5.75 Å². The summed E-state index contributed by atoms with van der Waals surface area (Å²) in [6, 6.07) is 0. The monoisotopic (exact) mass is 310 g/mol. The van der Waals surface area contributed by atoms with Gasteiger partial charge in [-0.2, -0.15) is 0 Å². The Morgan fingerprint density at radius 2 is 2.00 bits per heavy atom. The van der Waals surface area contributed by atoms with Crippen molar-refractivity contribution in [1.29, 1.82) is 0 Å². The molecule has 0 unspecified atom stereocenters. The SMILES string of the molecule is CC(C)(C)c1cnc(SCC(=O)O)n1C1(C)CCCCC1. The molecule has 1 heterocycles. The number of rotatable bonds is 4. The van der Waals surface area contributed by atoms with Gasteiger partial charge in [0.15, 0.2) is 5.16 Å². The van der Waals surface area contributed by atoms with Gasteiger partial charge in [0, 0.05) is 22.8 Å². The van der Waals surface area contributed by atoms with Crippen molar-refractivity contribution >= 4 is 17.7 Å². The summed E-state index contributed by atoms with van der Waals surface area (Å²) in [4.78, 5) is 15.4. The number of thioether (sulfide) groups is 1. The number of nitrogens with zero attached hydrogens (tertiary/aromatic N) is 2. The average molecular weight is 310 g/mol. The molecule has 0 radical (unpaired) electrons. The van der Waals surface area contributed by atoms with Crippen molar-refractivity contribution in [3.05, 3.63) is 11.9 Å². The molecule has 21 heavy (non-hydrogen) atoms. The van der Waals surface area contributed by atoms with Crippen molar-refractivity contribution < 1.29 is 9.90 Å². The third-order valence-electron chi connectivity index (χ3n) is 4.29. The maximum atomic E-state index is 10.9. The third-order valence-corrected chi connectivity index (χ3v) is 5.23. The minimum absolute atomic E-state index is 0.00942. The van der Waals surface area contributed by atoms with E-state index in [0.717, 1.165) is 18.0 Å². The predicted octanol–water partition coefficient (Wildman–Crippen LogP) is 4.04. The number of hydrogen-bond donors (Lipinski definition) is 1. The number of imidazole rings is 1. The summed E-state index contributed by atoms with van der Waals surface area (Å²) in [5.41, 5.74) is 1.29. The van der Waals surface area contributed by atoms with E-state index in [1.54, 1.807) is 0 Å². The molecule has 118 valence electrons. The van der Waals surface area contributed by atoms with Crippen LogP contribution in [0.5, 0.6) is 0 Å². The lowest BCUT2D eigenvalue weighted by Crippen LogP contribution is -2.36. The largest absolute Gasteiger partial charge is 0.481 e. The molecule has 1 N–H and O–H groups in total. The van der Waals surface area contributed by atoms with Crippen LogP contribution in [0.2, 0.25) is 0 Å². The molecule has 0 amide bonds. The van der Waals surface area contributed by atoms with Crippen LogP contribution in [-0.2, 0) is 15.7 Å². The van der Waals surface area contributed by atoms with E-state index in [1.165, 1.54) is 36.7 Å². The molecule has 1 aromatic rings. The Bertz CT molecular complexity index is 511. The molecule has 5 heteroatoms. The van der Waals surface area contributed by atoms with E-state index in [-0.39, 0.29) is 16.7 Å². The molecular formula is C16H26N2O2S. The first-order valence-electron chi connectivity index (χ1n) is 7.67. The van der Waals surface area contributed by atoms with Gasteiger partial charge in [0.25, 0.3) is 0 Å². The Hall–Kier alpha value is -0.970. The molecule has 0 aliphatic heterocycles. The summed E-state index contributed by atoms with van der Waals surface area (Å²) in [6.07, 6.45) is 8.00. The molecular weight excluding hydrogens is 284 g/mol. The van der Waals surface area contributed by atoms with Crippen LogP contribution in [-0.4, -0.2) is 26.4 Å². The summed E-state index contributed by atoms with van der Waals surface area (Å²) in [5, 5.41) is 9.80. The second-order valence-corrected chi connectivity index (χ2v) is 8.19. The van der Waals surface area contributed by atoms with Crippen LogP contribution in [0.15, 0.2) is 11.4 Å². The van der Waals surface area contributed by atoms with Crippen LogP contribution in [0, 0.1) is 0 Å². The summed E-state index contributed by atoms with van der Waals surface area (Å²) in [7, 11) is 0. The standard InChI is InChI=1S/C16H26N2O2S/c1-15(2,3)12-10-17-14(21-11-13(19)20)18(12)16(4)8-6-5-7-9-16/h10H,5-9,11H2,1-4H3,(H,19,20). The number of carboxylic acids is 1. The van der Waals surface area contributed by atoms with Crippen molar-refractivity contribution in [2.75, 3.05) is 5.75 Å². The summed E-state index contributed by atoms with van der Waals surface area (Å²) in [6.45, 7) is 8.88. The highest BCUT2D eigenvalue weighted by Gasteiger charge is 2.35. The van der Waals surface area contributed by atoms with Crippen molar-refractivity contribution in [2.24, 2.45) is 0 Å². The van der Waals surface area contributed by atoms with Crippen LogP contribution in [0.1, 0.15) is 65.5 Å². The number of aliphatic carboxylic acids is 1. The topological polar surface area (TPSA) is 55.1 Å². The van der Waals surface area contributed by atoms with Crippen LogP contribution in [0.4, 0.5) is 0 Å². The predicted molar refractivity (Wildman–Crippen MR) is 86.0 cm³/mol. The van der Waals surface area contributed by atoms with Gasteiger partial charge in [-0.25, -0.2) is 4.98 Å². The van der Waals surface area contributed by atoms with Crippen LogP contribution in [0.3, 0.4) is 0 Å². The van der Waals surface area contributed by atoms with E-state index in [4.69, 9.17) is 5.11 Å². The first-order valence-corrected chi connectivity index (χ1v) is 8.66. The quantitative estimate of drug-likeness (QED) is 0.853. The fraction of sp³-hybridized carbons (Fsp3) is 0.750. The smallest absolute Gasteiger partial charge is 0.313 e. The minimum atomic E-state index is -0.791. The highest BCUT2D eigenvalue weighted by molar-refractivity contribution is 7.99. The van der Waals surface area contributed by atoms with E-state index < -0.39 is 5.97 Å². The van der Waals surface area contributed by atoms with Crippen molar-refractivity contribution in [3.8, 4) is 0 Å². The molecule has 0 saturated heterocycles. The Balaban J connectivity index is 2.42. The zero-order chi connectivity index (χ0) is 15.7. The third kappa shape index (κ3) is 3.62. The van der Waals surface area contributed by atoms with Crippen molar-refractivity contribution in [1.82, 2.24) is 9.55 Å². The maximum Gasteiger partial charge on any atom is 0.313 e. The summed E-state index contributed by atoms with van der Waals surface area (Å²) < 4.78 is 2.33. The van der Waals surface area contributed by atoms with Gasteiger partial charge in [-0.05, 0) is 19.8 Å². The number of carboxylic acid groups (broad SMARTS) is 1. The van der Waals surface area contributed by atoms with Gasteiger partial charge in [-0.15, -0.1) is 0 Å². The molecule has 1 saturated carbocycles. The summed E-state index contributed by atoms with van der Waals surface area (Å²) >= 11 is 1.34. The lowest BCUT2D eigenvalue weighted by Gasteiger charge is -2.39. The maximum absolute atomic E-state index is 10.9. The molecule has 0 bridgehead atoms. The molecule has 1 aliphatic carbocycles. The van der Waals surface area contributed by atoms with Gasteiger partial charge in [0.2, 0.25) is 0 Å². The van der Waals surface area contributed by atoms with Crippen LogP contribution in [0.25, 0.3) is 0 Å². The molecule has 0 aromatic carbocycles. The normalized spacial score (nSPS) is 18.7. The number of aromatic nitrogens is 2. The summed E-state index contributed by atoms with van der Waals surface area (Å²) in [5.74, 6) is -0.725. The molecule has 1 aliphatic rings. The first kappa shape index (κ1) is 16.4.